The molecule has 9 heteroatoms. The highest BCUT2D eigenvalue weighted by Gasteiger charge is 2.20. The molecule has 0 aliphatic rings. The fourth-order valence-corrected chi connectivity index (χ4v) is 3.22. The molecule has 0 radical (unpaired) electrons. The summed E-state index contributed by atoms with van der Waals surface area (Å²) in [6.45, 7) is 3.55. The second-order valence-electron chi connectivity index (χ2n) is 7.60. The molecule has 0 unspecified atom stereocenters. The highest BCUT2D eigenvalue weighted by Crippen LogP contribution is 2.18. The van der Waals surface area contributed by atoms with Crippen LogP contribution in [0.3, 0.4) is 0 Å². The minimum Gasteiger partial charge on any atom is -0.485 e. The zero-order valence-corrected chi connectivity index (χ0v) is 18.3. The van der Waals surface area contributed by atoms with Gasteiger partial charge in [0.2, 0.25) is 5.78 Å². The number of Topliss-reactive ketones (excluding diaryl/α,β-unsaturated/α-hetero) is 1. The number of ketones is 2. The van der Waals surface area contributed by atoms with E-state index in [1.165, 1.54) is 0 Å². The van der Waals surface area contributed by atoms with Gasteiger partial charge in [0.15, 0.2) is 12.4 Å². The first-order valence-electron chi connectivity index (χ1n) is 9.86. The molecule has 0 saturated heterocycles. The van der Waals surface area contributed by atoms with Gasteiger partial charge in [0.25, 0.3) is 5.56 Å². The van der Waals surface area contributed by atoms with E-state index in [1.807, 2.05) is 13.8 Å². The third-order valence-corrected chi connectivity index (χ3v) is 4.91. The number of benzene rings is 2. The number of rotatable bonds is 8. The van der Waals surface area contributed by atoms with E-state index < -0.39 is 23.6 Å². The van der Waals surface area contributed by atoms with Gasteiger partial charge in [-0.25, -0.2) is 4.79 Å². The number of hydrogen-bond acceptors (Lipinski definition) is 6. The molecule has 1 heterocycles. The summed E-state index contributed by atoms with van der Waals surface area (Å²) in [5.41, 5.74) is 5.03. The van der Waals surface area contributed by atoms with Crippen molar-refractivity contribution in [1.82, 2.24) is 9.55 Å². The molecule has 3 rings (SSSR count). The van der Waals surface area contributed by atoms with Crippen LogP contribution < -0.4 is 21.7 Å². The average Bonchev–Trinajstić information content (AvgIpc) is 2.75. The molecule has 166 valence electrons. The Labute approximate surface area is 188 Å². The fraction of sp³-hybridized carbons (Fsp3) is 0.217. The maximum Gasteiger partial charge on any atom is 0.329 e. The molecule has 0 fully saturated rings. The summed E-state index contributed by atoms with van der Waals surface area (Å²) in [5, 5.41) is 0.536. The number of carbonyl (C=O) groups excluding carboxylic acids is 2. The van der Waals surface area contributed by atoms with Crippen LogP contribution in [0.1, 0.15) is 40.1 Å². The number of aromatic amines is 1. The number of hydrogen-bond donors (Lipinski definition) is 2. The molecule has 3 N–H and O–H groups in total. The molecule has 0 spiro atoms. The van der Waals surface area contributed by atoms with E-state index in [2.05, 4.69) is 4.98 Å². The molecule has 0 aliphatic heterocycles. The van der Waals surface area contributed by atoms with Crippen molar-refractivity contribution in [3.63, 3.8) is 0 Å². The Morgan fingerprint density at radius 3 is 2.16 bits per heavy atom. The maximum absolute atomic E-state index is 12.6. The Morgan fingerprint density at radius 1 is 1.03 bits per heavy atom. The van der Waals surface area contributed by atoms with Gasteiger partial charge in [-0.3, -0.25) is 23.9 Å². The van der Waals surface area contributed by atoms with Gasteiger partial charge in [0, 0.05) is 22.7 Å². The van der Waals surface area contributed by atoms with Crippen LogP contribution in [0.4, 0.5) is 5.82 Å². The minimum absolute atomic E-state index is 0.0780. The predicted molar refractivity (Wildman–Crippen MR) is 122 cm³/mol. The first-order chi connectivity index (χ1) is 15.2. The Bertz CT molecular complexity index is 1260. The van der Waals surface area contributed by atoms with Crippen LogP contribution in [0.2, 0.25) is 5.02 Å². The number of anilines is 1. The van der Waals surface area contributed by atoms with Crippen LogP contribution >= 0.6 is 11.6 Å². The normalized spacial score (nSPS) is 10.9. The van der Waals surface area contributed by atoms with Crippen LogP contribution in [0.25, 0.3) is 0 Å². The number of nitrogens with one attached hydrogen (secondary N) is 1. The van der Waals surface area contributed by atoms with Gasteiger partial charge in [-0.15, -0.1) is 0 Å². The summed E-state index contributed by atoms with van der Waals surface area (Å²) >= 11 is 5.84. The number of halogens is 1. The molecule has 0 bridgehead atoms. The number of ether oxygens (including phenoxy) is 1. The van der Waals surface area contributed by atoms with Crippen LogP contribution in [-0.4, -0.2) is 27.7 Å². The lowest BCUT2D eigenvalue weighted by molar-refractivity contribution is 0.0919. The summed E-state index contributed by atoms with van der Waals surface area (Å²) in [5.74, 6) is -0.630. The highest BCUT2D eigenvalue weighted by molar-refractivity contribution is 6.30. The van der Waals surface area contributed by atoms with Crippen LogP contribution in [-0.2, 0) is 6.54 Å². The number of carbonyl (C=O) groups is 2. The Kier molecular flexibility index (Phi) is 6.95. The fourth-order valence-electron chi connectivity index (χ4n) is 3.10. The lowest BCUT2D eigenvalue weighted by atomic mass is 10.0. The van der Waals surface area contributed by atoms with Gasteiger partial charge in [0.05, 0.1) is 0 Å². The third-order valence-electron chi connectivity index (χ3n) is 4.66. The molecule has 0 amide bonds. The lowest BCUT2D eigenvalue weighted by Gasteiger charge is -2.14. The van der Waals surface area contributed by atoms with E-state index in [9.17, 15) is 19.2 Å². The molecule has 1 aromatic heterocycles. The minimum atomic E-state index is -0.856. The smallest absolute Gasteiger partial charge is 0.329 e. The average molecular weight is 456 g/mol. The summed E-state index contributed by atoms with van der Waals surface area (Å²) in [7, 11) is 0. The lowest BCUT2D eigenvalue weighted by Crippen LogP contribution is -2.38. The Morgan fingerprint density at radius 2 is 1.59 bits per heavy atom. The molecule has 0 atom stereocenters. The van der Waals surface area contributed by atoms with Gasteiger partial charge < -0.3 is 10.5 Å². The summed E-state index contributed by atoms with van der Waals surface area (Å²) in [6, 6.07) is 12.8. The SMILES string of the molecule is CC(C)Cn1c(N)c(C(=O)COc2ccc(C(=O)c3ccc(Cl)cc3)cc2)c(=O)[nH]c1=O. The van der Waals surface area contributed by atoms with Crippen LogP contribution in [0, 0.1) is 5.92 Å². The monoisotopic (exact) mass is 455 g/mol. The topological polar surface area (TPSA) is 124 Å². The van der Waals surface area contributed by atoms with Crippen molar-refractivity contribution >= 4 is 29.0 Å². The standard InChI is InChI=1S/C23H22ClN3O5/c1-13(2)11-27-21(25)19(22(30)26-23(27)31)18(28)12-32-17-9-5-15(6-10-17)20(29)14-3-7-16(24)8-4-14/h3-10,13H,11-12,25H2,1-2H3,(H,26,30,31). The van der Waals surface area contributed by atoms with Crippen LogP contribution in [0.15, 0.2) is 58.1 Å². The van der Waals surface area contributed by atoms with Crippen molar-refractivity contribution in [3.8, 4) is 5.75 Å². The number of nitrogens with zero attached hydrogens (tertiary/aromatic N) is 1. The quantitative estimate of drug-likeness (QED) is 0.503. The van der Waals surface area contributed by atoms with Gasteiger partial charge in [0.1, 0.15) is 17.1 Å². The number of aromatic nitrogens is 2. The van der Waals surface area contributed by atoms with Crippen molar-refractivity contribution in [2.75, 3.05) is 12.3 Å². The van der Waals surface area contributed by atoms with Gasteiger partial charge in [-0.1, -0.05) is 25.4 Å². The molecular formula is C23H22ClN3O5. The molecule has 0 saturated carbocycles. The molecule has 3 aromatic rings. The Hall–Kier alpha value is -3.65. The van der Waals surface area contributed by atoms with E-state index in [4.69, 9.17) is 22.1 Å². The second-order valence-corrected chi connectivity index (χ2v) is 8.03. The molecule has 0 aliphatic carbocycles. The third kappa shape index (κ3) is 5.15. The van der Waals surface area contributed by atoms with Crippen molar-refractivity contribution in [3.05, 3.63) is 91.1 Å². The molecule has 8 nitrogen and oxygen atoms in total. The van der Waals surface area contributed by atoms with E-state index in [0.29, 0.717) is 21.9 Å². The summed E-state index contributed by atoms with van der Waals surface area (Å²) < 4.78 is 6.63. The zero-order chi connectivity index (χ0) is 23.4. The van der Waals surface area contributed by atoms with Crippen molar-refractivity contribution in [2.24, 2.45) is 5.92 Å². The largest absolute Gasteiger partial charge is 0.485 e. The first-order valence-corrected chi connectivity index (χ1v) is 10.2. The first kappa shape index (κ1) is 23.0. The molecular weight excluding hydrogens is 434 g/mol. The number of nitrogens with two attached hydrogens (primary N) is 1. The maximum atomic E-state index is 12.6. The van der Waals surface area contributed by atoms with E-state index >= 15 is 0 Å². The summed E-state index contributed by atoms with van der Waals surface area (Å²) in [6.07, 6.45) is 0. The van der Waals surface area contributed by atoms with Crippen LogP contribution in [0.5, 0.6) is 5.75 Å². The second kappa shape index (κ2) is 9.65. The molecule has 32 heavy (non-hydrogen) atoms. The molecule has 2 aromatic carbocycles. The van der Waals surface area contributed by atoms with E-state index in [1.54, 1.807) is 48.5 Å². The van der Waals surface area contributed by atoms with Gasteiger partial charge >= 0.3 is 5.69 Å². The summed E-state index contributed by atoms with van der Waals surface area (Å²) in [4.78, 5) is 51.4. The van der Waals surface area contributed by atoms with E-state index in [0.717, 1.165) is 4.57 Å². The predicted octanol–water partition coefficient (Wildman–Crippen LogP) is 2.92. The number of H-pyrrole nitrogens is 1. The Balaban J connectivity index is 1.73. The number of nitrogen functional groups attached to an aromatic ring is 1. The van der Waals surface area contributed by atoms with Crippen molar-refractivity contribution in [1.29, 1.82) is 0 Å². The van der Waals surface area contributed by atoms with Crippen molar-refractivity contribution < 1.29 is 14.3 Å². The van der Waals surface area contributed by atoms with Crippen molar-refractivity contribution in [2.45, 2.75) is 20.4 Å². The van der Waals surface area contributed by atoms with E-state index in [-0.39, 0.29) is 29.6 Å². The van der Waals surface area contributed by atoms with Gasteiger partial charge in [-0.2, -0.15) is 0 Å². The zero-order valence-electron chi connectivity index (χ0n) is 17.6. The highest BCUT2D eigenvalue weighted by atomic mass is 35.5. The van der Waals surface area contributed by atoms with Gasteiger partial charge in [-0.05, 0) is 54.4 Å².